The first kappa shape index (κ1) is 17.9. The van der Waals surface area contributed by atoms with Crippen LogP contribution in [0.15, 0.2) is 24.3 Å². The molecule has 1 saturated carbocycles. The number of nitriles is 1. The van der Waals surface area contributed by atoms with Crippen molar-refractivity contribution in [1.82, 2.24) is 9.80 Å². The van der Waals surface area contributed by atoms with Crippen LogP contribution in [0.1, 0.15) is 38.7 Å². The topological polar surface area (TPSA) is 47.3 Å². The summed E-state index contributed by atoms with van der Waals surface area (Å²) in [5.41, 5.74) is 0.343. The van der Waals surface area contributed by atoms with Gasteiger partial charge in [-0.25, -0.2) is 4.39 Å². The van der Waals surface area contributed by atoms with Gasteiger partial charge in [-0.1, -0.05) is 26.0 Å². The molecule has 1 atom stereocenters. The lowest BCUT2D eigenvalue weighted by molar-refractivity contribution is -0.135. The van der Waals surface area contributed by atoms with E-state index in [4.69, 9.17) is 0 Å². The highest BCUT2D eigenvalue weighted by Crippen LogP contribution is 2.46. The van der Waals surface area contributed by atoms with Crippen LogP contribution in [0.2, 0.25) is 0 Å². The molecule has 25 heavy (non-hydrogen) atoms. The number of halogens is 1. The minimum Gasteiger partial charge on any atom is -0.340 e. The third-order valence-corrected chi connectivity index (χ3v) is 5.48. The van der Waals surface area contributed by atoms with Crippen LogP contribution >= 0.6 is 0 Å². The molecule has 1 aromatic carbocycles. The molecule has 0 radical (unpaired) electrons. The molecule has 1 heterocycles. The van der Waals surface area contributed by atoms with Gasteiger partial charge in [-0.05, 0) is 42.9 Å². The fraction of sp³-hybridized carbons (Fsp3) is 0.600. The zero-order valence-corrected chi connectivity index (χ0v) is 15.0. The second-order valence-electron chi connectivity index (χ2n) is 7.71. The molecule has 1 unspecified atom stereocenters. The molecule has 0 spiro atoms. The summed E-state index contributed by atoms with van der Waals surface area (Å²) < 4.78 is 13.1. The molecule has 3 rings (SSSR count). The van der Waals surface area contributed by atoms with Crippen molar-refractivity contribution in [2.45, 2.75) is 45.7 Å². The van der Waals surface area contributed by atoms with Crippen molar-refractivity contribution in [3.8, 4) is 6.07 Å². The highest BCUT2D eigenvalue weighted by atomic mass is 19.1. The quantitative estimate of drug-likeness (QED) is 0.843. The Kier molecular flexibility index (Phi) is 5.10. The van der Waals surface area contributed by atoms with Crippen molar-refractivity contribution in [3.05, 3.63) is 35.6 Å². The number of rotatable bonds is 4. The fourth-order valence-corrected chi connectivity index (χ4v) is 3.70. The molecule has 134 valence electrons. The molecular formula is C20H26FN3O. The van der Waals surface area contributed by atoms with Crippen LogP contribution in [0, 0.1) is 28.5 Å². The van der Waals surface area contributed by atoms with Crippen LogP contribution in [-0.2, 0) is 11.3 Å². The Morgan fingerprint density at radius 1 is 1.32 bits per heavy atom. The number of hydrogen-bond donors (Lipinski definition) is 0. The van der Waals surface area contributed by atoms with Crippen molar-refractivity contribution in [1.29, 1.82) is 5.26 Å². The zero-order chi connectivity index (χ0) is 18.0. The van der Waals surface area contributed by atoms with Crippen LogP contribution in [0.25, 0.3) is 0 Å². The number of hydrogen-bond acceptors (Lipinski definition) is 3. The maximum Gasteiger partial charge on any atom is 0.243 e. The number of amides is 1. The Morgan fingerprint density at radius 2 is 2.00 bits per heavy atom. The van der Waals surface area contributed by atoms with Crippen molar-refractivity contribution in [3.63, 3.8) is 0 Å². The maximum absolute atomic E-state index is 13.1. The summed E-state index contributed by atoms with van der Waals surface area (Å²) in [7, 11) is 0. The first-order valence-electron chi connectivity index (χ1n) is 9.14. The average molecular weight is 343 g/mol. The molecule has 1 aromatic rings. The van der Waals surface area contributed by atoms with Gasteiger partial charge in [0.1, 0.15) is 11.2 Å². The van der Waals surface area contributed by atoms with E-state index < -0.39 is 5.41 Å². The monoisotopic (exact) mass is 343 g/mol. The average Bonchev–Trinajstić information content (AvgIpc) is 3.40. The Labute approximate surface area is 149 Å². The summed E-state index contributed by atoms with van der Waals surface area (Å²) in [4.78, 5) is 17.1. The van der Waals surface area contributed by atoms with Gasteiger partial charge in [0.25, 0.3) is 0 Å². The van der Waals surface area contributed by atoms with Gasteiger partial charge in [0, 0.05) is 32.2 Å². The van der Waals surface area contributed by atoms with Gasteiger partial charge < -0.3 is 4.90 Å². The summed E-state index contributed by atoms with van der Waals surface area (Å²) in [6.07, 6.45) is 2.30. The zero-order valence-electron chi connectivity index (χ0n) is 15.0. The molecule has 1 aliphatic carbocycles. The number of nitrogens with zero attached hydrogens (tertiary/aromatic N) is 3. The first-order valence-corrected chi connectivity index (χ1v) is 9.14. The van der Waals surface area contributed by atoms with E-state index in [9.17, 15) is 14.4 Å². The molecule has 1 amide bonds. The second-order valence-corrected chi connectivity index (χ2v) is 7.71. The Morgan fingerprint density at radius 3 is 2.56 bits per heavy atom. The van der Waals surface area contributed by atoms with Crippen molar-refractivity contribution < 1.29 is 9.18 Å². The predicted octanol–water partition coefficient (Wildman–Crippen LogP) is 3.19. The summed E-state index contributed by atoms with van der Waals surface area (Å²) in [6, 6.07) is 9.12. The number of carbonyl (C=O) groups is 1. The van der Waals surface area contributed by atoms with Crippen LogP contribution in [-0.4, -0.2) is 41.4 Å². The predicted molar refractivity (Wildman–Crippen MR) is 93.9 cm³/mol. The molecule has 0 bridgehead atoms. The first-order chi connectivity index (χ1) is 11.9. The normalized spacial score (nSPS) is 23.2. The van der Waals surface area contributed by atoms with Crippen LogP contribution in [0.4, 0.5) is 4.39 Å². The van der Waals surface area contributed by atoms with E-state index in [1.54, 1.807) is 0 Å². The third kappa shape index (κ3) is 3.85. The highest BCUT2D eigenvalue weighted by molar-refractivity contribution is 5.88. The molecule has 0 aromatic heterocycles. The molecule has 1 saturated heterocycles. The van der Waals surface area contributed by atoms with E-state index in [1.165, 1.54) is 12.1 Å². The lowest BCUT2D eigenvalue weighted by Gasteiger charge is -2.35. The second kappa shape index (κ2) is 7.13. The Bertz CT molecular complexity index is 661. The van der Waals surface area contributed by atoms with Crippen LogP contribution in [0.3, 0.4) is 0 Å². The van der Waals surface area contributed by atoms with Gasteiger partial charge in [0.05, 0.1) is 6.07 Å². The summed E-state index contributed by atoms with van der Waals surface area (Å²) >= 11 is 0. The van der Waals surface area contributed by atoms with E-state index in [0.29, 0.717) is 31.8 Å². The summed E-state index contributed by atoms with van der Waals surface area (Å²) in [6.45, 7) is 7.39. The summed E-state index contributed by atoms with van der Waals surface area (Å²) in [5.74, 6) is 0.193. The van der Waals surface area contributed by atoms with E-state index in [-0.39, 0.29) is 17.8 Å². The van der Waals surface area contributed by atoms with Gasteiger partial charge in [-0.3, -0.25) is 9.69 Å². The van der Waals surface area contributed by atoms with E-state index in [0.717, 1.165) is 25.1 Å². The summed E-state index contributed by atoms with van der Waals surface area (Å²) in [5, 5.41) is 9.33. The molecule has 0 N–H and O–H groups in total. The molecule has 5 heteroatoms. The smallest absolute Gasteiger partial charge is 0.243 e. The van der Waals surface area contributed by atoms with Gasteiger partial charge in [-0.2, -0.15) is 5.26 Å². The number of benzene rings is 1. The highest BCUT2D eigenvalue weighted by Gasteiger charge is 2.53. The fourth-order valence-electron chi connectivity index (χ4n) is 3.70. The van der Waals surface area contributed by atoms with Gasteiger partial charge >= 0.3 is 0 Å². The maximum atomic E-state index is 13.1. The van der Waals surface area contributed by atoms with Crippen molar-refractivity contribution >= 4 is 5.91 Å². The van der Waals surface area contributed by atoms with Crippen LogP contribution < -0.4 is 0 Å². The van der Waals surface area contributed by atoms with Crippen molar-refractivity contribution in [2.75, 3.05) is 19.6 Å². The Hall–Kier alpha value is -1.93. The molecule has 2 fully saturated rings. The lowest BCUT2D eigenvalue weighted by atomic mass is 10.00. The standard InChI is InChI=1S/C20H26FN3O/c1-15(2)18-13-24(19(25)20(14-22)8-9-20)11-3-10-23(18)12-16-4-6-17(21)7-5-16/h4-7,15,18H,3,8-13H2,1-2H3. The van der Waals surface area contributed by atoms with Crippen LogP contribution in [0.5, 0.6) is 0 Å². The van der Waals surface area contributed by atoms with E-state index in [2.05, 4.69) is 24.8 Å². The Balaban J connectivity index is 1.73. The molecule has 1 aliphatic heterocycles. The van der Waals surface area contributed by atoms with Gasteiger partial charge in [0.15, 0.2) is 0 Å². The minimum absolute atomic E-state index is 0.0179. The SMILES string of the molecule is CC(C)C1CN(C(=O)C2(C#N)CC2)CCCN1Cc1ccc(F)cc1. The number of carbonyl (C=O) groups excluding carboxylic acids is 1. The van der Waals surface area contributed by atoms with Gasteiger partial charge in [-0.15, -0.1) is 0 Å². The van der Waals surface area contributed by atoms with Gasteiger partial charge in [0.2, 0.25) is 5.91 Å². The minimum atomic E-state index is -0.742. The molecule has 2 aliphatic rings. The molecule has 4 nitrogen and oxygen atoms in total. The van der Waals surface area contributed by atoms with E-state index in [1.807, 2.05) is 17.0 Å². The lowest BCUT2D eigenvalue weighted by Crippen LogP contribution is -2.47. The third-order valence-electron chi connectivity index (χ3n) is 5.48. The molecular weight excluding hydrogens is 317 g/mol. The largest absolute Gasteiger partial charge is 0.340 e. The van der Waals surface area contributed by atoms with Crippen molar-refractivity contribution in [2.24, 2.45) is 11.3 Å². The van der Waals surface area contributed by atoms with E-state index >= 15 is 0 Å².